The largest absolute Gasteiger partial charge is 0.462 e. The van der Waals surface area contributed by atoms with Gasteiger partial charge in [0.15, 0.2) is 5.16 Å². The molecule has 7 nitrogen and oxygen atoms in total. The molecule has 0 bridgehead atoms. The molecule has 1 amide bonds. The lowest BCUT2D eigenvalue weighted by atomic mass is 10.2. The van der Waals surface area contributed by atoms with Crippen LogP contribution in [0.3, 0.4) is 0 Å². The number of fused-ring (bicyclic) bond motifs is 1. The Labute approximate surface area is 188 Å². The maximum Gasteiger partial charge on any atom is 0.338 e. The second-order valence-corrected chi connectivity index (χ2v) is 8.03. The van der Waals surface area contributed by atoms with Gasteiger partial charge in [-0.25, -0.2) is 9.78 Å². The lowest BCUT2D eigenvalue weighted by Crippen LogP contribution is -2.24. The number of hydrogen-bond acceptors (Lipinski definition) is 6. The monoisotopic (exact) mass is 459 g/mol. The SMILES string of the molecule is CCCn1c(SCC(=O)Nc2ccc(C(=O)OCC)cc2)nc2cc(Cl)ccc2c1=O. The van der Waals surface area contributed by atoms with Crippen molar-refractivity contribution in [1.82, 2.24) is 9.55 Å². The first-order chi connectivity index (χ1) is 14.9. The molecule has 1 heterocycles. The van der Waals surface area contributed by atoms with E-state index in [0.29, 0.717) is 45.5 Å². The number of rotatable bonds is 8. The zero-order valence-electron chi connectivity index (χ0n) is 17.2. The van der Waals surface area contributed by atoms with Crippen LogP contribution in [0.1, 0.15) is 30.6 Å². The van der Waals surface area contributed by atoms with Crippen molar-refractivity contribution in [1.29, 1.82) is 0 Å². The Bertz CT molecular complexity index is 1160. The molecule has 0 aliphatic carbocycles. The molecular weight excluding hydrogens is 438 g/mol. The van der Waals surface area contributed by atoms with Gasteiger partial charge >= 0.3 is 5.97 Å². The standard InChI is InChI=1S/C22H22ClN3O4S/c1-3-11-26-20(28)17-10-7-15(23)12-18(17)25-22(26)31-13-19(27)24-16-8-5-14(6-9-16)21(29)30-4-2/h5-10,12H,3-4,11,13H2,1-2H3,(H,24,27). The Kier molecular flexibility index (Phi) is 7.70. The van der Waals surface area contributed by atoms with Crippen LogP contribution in [-0.4, -0.2) is 33.8 Å². The van der Waals surface area contributed by atoms with E-state index in [2.05, 4.69) is 10.3 Å². The summed E-state index contributed by atoms with van der Waals surface area (Å²) in [5, 5.41) is 4.23. The molecule has 162 valence electrons. The average molecular weight is 460 g/mol. The summed E-state index contributed by atoms with van der Waals surface area (Å²) in [6.07, 6.45) is 0.757. The number of esters is 1. The number of carbonyl (C=O) groups excluding carboxylic acids is 2. The predicted octanol–water partition coefficient (Wildman–Crippen LogP) is 4.37. The molecule has 0 aliphatic rings. The van der Waals surface area contributed by atoms with Crippen molar-refractivity contribution in [2.45, 2.75) is 32.0 Å². The van der Waals surface area contributed by atoms with Crippen LogP contribution in [-0.2, 0) is 16.1 Å². The molecular formula is C22H22ClN3O4S. The maximum atomic E-state index is 12.8. The number of nitrogens with zero attached hydrogens (tertiary/aromatic N) is 2. The van der Waals surface area contributed by atoms with E-state index in [1.807, 2.05) is 6.92 Å². The molecule has 0 fully saturated rings. The van der Waals surface area contributed by atoms with Gasteiger partial charge in [-0.3, -0.25) is 14.2 Å². The number of benzene rings is 2. The van der Waals surface area contributed by atoms with Gasteiger partial charge in [0.05, 0.1) is 28.8 Å². The summed E-state index contributed by atoms with van der Waals surface area (Å²) in [5.41, 5.74) is 1.32. The van der Waals surface area contributed by atoms with Crippen molar-refractivity contribution < 1.29 is 14.3 Å². The van der Waals surface area contributed by atoms with E-state index in [1.165, 1.54) is 11.8 Å². The molecule has 0 aliphatic heterocycles. The van der Waals surface area contributed by atoms with Crippen molar-refractivity contribution in [3.8, 4) is 0 Å². The van der Waals surface area contributed by atoms with E-state index in [4.69, 9.17) is 16.3 Å². The van der Waals surface area contributed by atoms with E-state index in [9.17, 15) is 14.4 Å². The molecule has 1 N–H and O–H groups in total. The fourth-order valence-electron chi connectivity index (χ4n) is 2.94. The van der Waals surface area contributed by atoms with Crippen LogP contribution in [0.2, 0.25) is 5.02 Å². The highest BCUT2D eigenvalue weighted by Crippen LogP contribution is 2.21. The summed E-state index contributed by atoms with van der Waals surface area (Å²) in [6, 6.07) is 11.4. The minimum atomic E-state index is -0.410. The van der Waals surface area contributed by atoms with Crippen molar-refractivity contribution in [3.63, 3.8) is 0 Å². The first-order valence-electron chi connectivity index (χ1n) is 9.82. The molecule has 3 rings (SSSR count). The minimum absolute atomic E-state index is 0.0713. The summed E-state index contributed by atoms with van der Waals surface area (Å²) in [5.74, 6) is -0.591. The topological polar surface area (TPSA) is 90.3 Å². The molecule has 0 atom stereocenters. The molecule has 0 unspecified atom stereocenters. The van der Waals surface area contributed by atoms with Gasteiger partial charge in [-0.1, -0.05) is 30.3 Å². The first-order valence-corrected chi connectivity index (χ1v) is 11.2. The predicted molar refractivity (Wildman–Crippen MR) is 123 cm³/mol. The third-order valence-electron chi connectivity index (χ3n) is 4.34. The fraction of sp³-hybridized carbons (Fsp3) is 0.273. The van der Waals surface area contributed by atoms with Crippen molar-refractivity contribution in [2.24, 2.45) is 0 Å². The Balaban J connectivity index is 1.72. The number of hydrogen-bond donors (Lipinski definition) is 1. The number of carbonyl (C=O) groups is 2. The Morgan fingerprint density at radius 3 is 2.58 bits per heavy atom. The quantitative estimate of drug-likeness (QED) is 0.305. The van der Waals surface area contributed by atoms with Gasteiger partial charge in [-0.05, 0) is 55.8 Å². The summed E-state index contributed by atoms with van der Waals surface area (Å²) in [7, 11) is 0. The van der Waals surface area contributed by atoms with Gasteiger partial charge in [0, 0.05) is 17.3 Å². The average Bonchev–Trinajstić information content (AvgIpc) is 2.75. The lowest BCUT2D eigenvalue weighted by molar-refractivity contribution is -0.113. The van der Waals surface area contributed by atoms with Crippen LogP contribution in [0.5, 0.6) is 0 Å². The van der Waals surface area contributed by atoms with Crippen LogP contribution in [0, 0.1) is 0 Å². The summed E-state index contributed by atoms with van der Waals surface area (Å²) in [4.78, 5) is 41.5. The first kappa shape index (κ1) is 22.8. The van der Waals surface area contributed by atoms with Crippen LogP contribution in [0.4, 0.5) is 5.69 Å². The maximum absolute atomic E-state index is 12.8. The summed E-state index contributed by atoms with van der Waals surface area (Å²) in [6.45, 7) is 4.51. The zero-order chi connectivity index (χ0) is 22.4. The van der Waals surface area contributed by atoms with Crippen LogP contribution in [0.25, 0.3) is 10.9 Å². The van der Waals surface area contributed by atoms with Crippen LogP contribution < -0.4 is 10.9 Å². The fourth-order valence-corrected chi connectivity index (χ4v) is 3.93. The van der Waals surface area contributed by atoms with E-state index >= 15 is 0 Å². The van der Waals surface area contributed by atoms with Crippen molar-refractivity contribution in [3.05, 3.63) is 63.4 Å². The van der Waals surface area contributed by atoms with Crippen molar-refractivity contribution >= 4 is 51.8 Å². The van der Waals surface area contributed by atoms with Gasteiger partial charge in [0.1, 0.15) is 0 Å². The molecule has 9 heteroatoms. The second kappa shape index (κ2) is 10.5. The van der Waals surface area contributed by atoms with E-state index in [0.717, 1.165) is 6.42 Å². The normalized spacial score (nSPS) is 10.8. The molecule has 2 aromatic carbocycles. The highest BCUT2D eigenvalue weighted by Gasteiger charge is 2.14. The molecule has 31 heavy (non-hydrogen) atoms. The number of anilines is 1. The third-order valence-corrected chi connectivity index (χ3v) is 5.55. The summed E-state index contributed by atoms with van der Waals surface area (Å²) >= 11 is 7.23. The van der Waals surface area contributed by atoms with Gasteiger partial charge < -0.3 is 10.1 Å². The Morgan fingerprint density at radius 2 is 1.90 bits per heavy atom. The summed E-state index contributed by atoms with van der Waals surface area (Å²) < 4.78 is 6.53. The van der Waals surface area contributed by atoms with Gasteiger partial charge in [0.2, 0.25) is 5.91 Å². The number of ether oxygens (including phenoxy) is 1. The van der Waals surface area contributed by atoms with Crippen molar-refractivity contribution in [2.75, 3.05) is 17.7 Å². The molecule has 0 saturated heterocycles. The minimum Gasteiger partial charge on any atom is -0.462 e. The molecule has 1 aromatic heterocycles. The number of thioether (sulfide) groups is 1. The third kappa shape index (κ3) is 5.65. The number of nitrogens with one attached hydrogen (secondary N) is 1. The van der Waals surface area contributed by atoms with E-state index in [-0.39, 0.29) is 17.2 Å². The van der Waals surface area contributed by atoms with Crippen LogP contribution >= 0.6 is 23.4 Å². The van der Waals surface area contributed by atoms with Gasteiger partial charge in [0.25, 0.3) is 5.56 Å². The van der Waals surface area contributed by atoms with Gasteiger partial charge in [-0.15, -0.1) is 0 Å². The lowest BCUT2D eigenvalue weighted by Gasteiger charge is -2.12. The smallest absolute Gasteiger partial charge is 0.338 e. The molecule has 0 spiro atoms. The number of amides is 1. The number of halogens is 1. The highest BCUT2D eigenvalue weighted by molar-refractivity contribution is 7.99. The highest BCUT2D eigenvalue weighted by atomic mass is 35.5. The second-order valence-electron chi connectivity index (χ2n) is 6.65. The molecule has 0 radical (unpaired) electrons. The van der Waals surface area contributed by atoms with Crippen LogP contribution in [0.15, 0.2) is 52.4 Å². The van der Waals surface area contributed by atoms with E-state index < -0.39 is 5.97 Å². The van der Waals surface area contributed by atoms with E-state index in [1.54, 1.807) is 54.0 Å². The molecule has 3 aromatic rings. The van der Waals surface area contributed by atoms with Gasteiger partial charge in [-0.2, -0.15) is 0 Å². The number of aromatic nitrogens is 2. The Hall–Kier alpha value is -2.84. The zero-order valence-corrected chi connectivity index (χ0v) is 18.8. The molecule has 0 saturated carbocycles. The Morgan fingerprint density at radius 1 is 1.16 bits per heavy atom.